The predicted molar refractivity (Wildman–Crippen MR) is 96.6 cm³/mol. The summed E-state index contributed by atoms with van der Waals surface area (Å²) in [6.45, 7) is 0. The van der Waals surface area contributed by atoms with E-state index < -0.39 is 5.82 Å². The second-order valence-corrected chi connectivity index (χ2v) is 6.97. The maximum atomic E-state index is 13.3. The second-order valence-electron chi connectivity index (χ2n) is 5.97. The number of nitrogens with zero attached hydrogens (tertiary/aromatic N) is 2. The molecule has 0 aliphatic heterocycles. The van der Waals surface area contributed by atoms with Crippen LogP contribution in [-0.4, -0.2) is 10.9 Å². The highest BCUT2D eigenvalue weighted by Crippen LogP contribution is 2.37. The average molecular weight is 368 g/mol. The lowest BCUT2D eigenvalue weighted by Crippen LogP contribution is -2.12. The third-order valence-electron chi connectivity index (χ3n) is 4.00. The predicted octanol–water partition coefficient (Wildman–Crippen LogP) is 4.03. The van der Waals surface area contributed by atoms with Crippen molar-refractivity contribution in [1.82, 2.24) is 4.98 Å². The molecule has 0 atom stereocenters. The zero-order valence-corrected chi connectivity index (χ0v) is 14.3. The summed E-state index contributed by atoms with van der Waals surface area (Å²) in [7, 11) is 0. The van der Waals surface area contributed by atoms with Crippen molar-refractivity contribution in [3.8, 4) is 17.6 Å². The van der Waals surface area contributed by atoms with Crippen LogP contribution < -0.4 is 15.8 Å². The van der Waals surface area contributed by atoms with Gasteiger partial charge in [0.1, 0.15) is 28.9 Å². The van der Waals surface area contributed by atoms with Crippen LogP contribution in [0.3, 0.4) is 0 Å². The minimum absolute atomic E-state index is 0.0371. The van der Waals surface area contributed by atoms with Gasteiger partial charge in [0.25, 0.3) is 0 Å². The largest absolute Gasteiger partial charge is 0.456 e. The van der Waals surface area contributed by atoms with Crippen LogP contribution in [0.1, 0.15) is 18.4 Å². The van der Waals surface area contributed by atoms with E-state index in [4.69, 9.17) is 10.5 Å². The summed E-state index contributed by atoms with van der Waals surface area (Å²) < 4.78 is 19.6. The van der Waals surface area contributed by atoms with Crippen molar-refractivity contribution in [1.29, 1.82) is 5.26 Å². The van der Waals surface area contributed by atoms with Gasteiger partial charge in [-0.25, -0.2) is 9.37 Å². The maximum absolute atomic E-state index is 13.3. The Kier molecular flexibility index (Phi) is 3.93. The fraction of sp³-hybridized carbons (Fsp3) is 0.167. The van der Waals surface area contributed by atoms with E-state index in [-0.39, 0.29) is 17.5 Å². The SMILES string of the molecule is N#Cc1c(Oc2ccc(F)c(N)c2)ccc2nc(NC(=O)C3CC3)sc12. The highest BCUT2D eigenvalue weighted by Gasteiger charge is 2.30. The Balaban J connectivity index is 1.67. The Morgan fingerprint density at radius 3 is 2.88 bits per heavy atom. The van der Waals surface area contributed by atoms with Crippen LogP contribution in [0, 0.1) is 23.1 Å². The van der Waals surface area contributed by atoms with Gasteiger partial charge in [-0.2, -0.15) is 5.26 Å². The van der Waals surface area contributed by atoms with Crippen molar-refractivity contribution < 1.29 is 13.9 Å². The number of rotatable bonds is 4. The third kappa shape index (κ3) is 3.05. The second kappa shape index (κ2) is 6.28. The summed E-state index contributed by atoms with van der Waals surface area (Å²) in [5.41, 5.74) is 6.41. The molecule has 26 heavy (non-hydrogen) atoms. The first-order valence-electron chi connectivity index (χ1n) is 7.92. The molecule has 1 aliphatic rings. The van der Waals surface area contributed by atoms with Gasteiger partial charge >= 0.3 is 0 Å². The van der Waals surface area contributed by atoms with E-state index in [9.17, 15) is 14.4 Å². The van der Waals surface area contributed by atoms with Gasteiger partial charge in [0, 0.05) is 12.0 Å². The number of benzene rings is 2. The van der Waals surface area contributed by atoms with E-state index in [0.717, 1.165) is 12.8 Å². The number of thiazole rings is 1. The normalized spacial score (nSPS) is 13.4. The summed E-state index contributed by atoms with van der Waals surface area (Å²) in [6, 6.07) is 9.43. The highest BCUT2D eigenvalue weighted by molar-refractivity contribution is 7.22. The quantitative estimate of drug-likeness (QED) is 0.677. The number of carbonyl (C=O) groups excluding carboxylic acids is 1. The molecule has 3 N–H and O–H groups in total. The van der Waals surface area contributed by atoms with Crippen molar-refractivity contribution in [3.63, 3.8) is 0 Å². The molecule has 0 bridgehead atoms. The molecule has 8 heteroatoms. The van der Waals surface area contributed by atoms with Crippen LogP contribution in [0.5, 0.6) is 11.5 Å². The number of hydrogen-bond donors (Lipinski definition) is 2. The van der Waals surface area contributed by atoms with E-state index in [1.54, 1.807) is 12.1 Å². The molecular formula is C18H13FN4O2S. The first-order valence-corrected chi connectivity index (χ1v) is 8.74. The topological polar surface area (TPSA) is 101 Å². The van der Waals surface area contributed by atoms with Gasteiger partial charge in [-0.05, 0) is 37.1 Å². The summed E-state index contributed by atoms with van der Waals surface area (Å²) in [6.07, 6.45) is 1.80. The van der Waals surface area contributed by atoms with Gasteiger partial charge in [-0.3, -0.25) is 4.79 Å². The standard InChI is InChI=1S/C18H13FN4O2S/c19-12-4-3-10(7-13(12)21)25-15-6-5-14-16(11(15)8-20)26-18(22-14)23-17(24)9-1-2-9/h3-7,9H,1-2,21H2,(H,22,23,24). The number of aromatic nitrogens is 1. The Morgan fingerprint density at radius 2 is 2.19 bits per heavy atom. The van der Waals surface area contributed by atoms with E-state index in [2.05, 4.69) is 16.4 Å². The van der Waals surface area contributed by atoms with Crippen LogP contribution >= 0.6 is 11.3 Å². The van der Waals surface area contributed by atoms with E-state index in [1.165, 1.54) is 29.5 Å². The molecule has 0 saturated heterocycles. The molecule has 0 radical (unpaired) electrons. The molecule has 0 unspecified atom stereocenters. The first-order chi connectivity index (χ1) is 12.5. The number of halogens is 1. The number of hydrogen-bond acceptors (Lipinski definition) is 6. The van der Waals surface area contributed by atoms with Crippen LogP contribution in [-0.2, 0) is 4.79 Å². The highest BCUT2D eigenvalue weighted by atomic mass is 32.1. The molecule has 4 rings (SSSR count). The number of nitrogen functional groups attached to an aromatic ring is 1. The van der Waals surface area contributed by atoms with Gasteiger partial charge in [-0.15, -0.1) is 0 Å². The Hall–Kier alpha value is -3.18. The summed E-state index contributed by atoms with van der Waals surface area (Å²) in [5.74, 6) is 0.133. The van der Waals surface area contributed by atoms with Gasteiger partial charge < -0.3 is 15.8 Å². The summed E-state index contributed by atoms with van der Waals surface area (Å²) in [5, 5.41) is 12.8. The molecule has 2 aromatic carbocycles. The average Bonchev–Trinajstić information content (AvgIpc) is 3.39. The van der Waals surface area contributed by atoms with E-state index in [1.807, 2.05) is 0 Å². The molecule has 1 saturated carbocycles. The van der Waals surface area contributed by atoms with Crippen LogP contribution in [0.15, 0.2) is 30.3 Å². The van der Waals surface area contributed by atoms with Gasteiger partial charge in [0.15, 0.2) is 5.13 Å². The zero-order valence-electron chi connectivity index (χ0n) is 13.5. The number of carbonyl (C=O) groups is 1. The minimum Gasteiger partial charge on any atom is -0.456 e. The lowest BCUT2D eigenvalue weighted by molar-refractivity contribution is -0.117. The molecule has 1 aliphatic carbocycles. The molecule has 0 spiro atoms. The number of nitrogens with two attached hydrogens (primary N) is 1. The summed E-state index contributed by atoms with van der Waals surface area (Å²) in [4.78, 5) is 16.3. The lowest BCUT2D eigenvalue weighted by Gasteiger charge is -2.08. The van der Waals surface area contributed by atoms with Gasteiger partial charge in [-0.1, -0.05) is 11.3 Å². The van der Waals surface area contributed by atoms with Crippen LogP contribution in [0.25, 0.3) is 10.2 Å². The molecule has 130 valence electrons. The minimum atomic E-state index is -0.535. The molecule has 1 fully saturated rings. The molecule has 1 aromatic heterocycles. The first kappa shape index (κ1) is 16.3. The number of anilines is 2. The Bertz CT molecular complexity index is 1070. The van der Waals surface area contributed by atoms with Crippen molar-refractivity contribution in [2.45, 2.75) is 12.8 Å². The third-order valence-corrected chi connectivity index (χ3v) is 5.01. The number of amides is 1. The van der Waals surface area contributed by atoms with E-state index in [0.29, 0.717) is 32.4 Å². The Labute approximate surface area is 152 Å². The number of ether oxygens (including phenoxy) is 1. The maximum Gasteiger partial charge on any atom is 0.229 e. The molecule has 6 nitrogen and oxygen atoms in total. The zero-order chi connectivity index (χ0) is 18.3. The van der Waals surface area contributed by atoms with Crippen molar-refractivity contribution in [3.05, 3.63) is 41.7 Å². The van der Waals surface area contributed by atoms with Crippen molar-refractivity contribution in [2.75, 3.05) is 11.1 Å². The van der Waals surface area contributed by atoms with Gasteiger partial charge in [0.2, 0.25) is 5.91 Å². The molecular weight excluding hydrogens is 355 g/mol. The van der Waals surface area contributed by atoms with Crippen LogP contribution in [0.4, 0.5) is 15.2 Å². The fourth-order valence-electron chi connectivity index (χ4n) is 2.48. The molecule has 1 heterocycles. The van der Waals surface area contributed by atoms with Crippen molar-refractivity contribution >= 4 is 38.3 Å². The number of nitrogens with one attached hydrogen (secondary N) is 1. The Morgan fingerprint density at radius 1 is 1.38 bits per heavy atom. The van der Waals surface area contributed by atoms with Crippen LogP contribution in [0.2, 0.25) is 0 Å². The fourth-order valence-corrected chi connectivity index (χ4v) is 3.44. The summed E-state index contributed by atoms with van der Waals surface area (Å²) >= 11 is 1.22. The molecule has 3 aromatic rings. The monoisotopic (exact) mass is 368 g/mol. The van der Waals surface area contributed by atoms with Crippen molar-refractivity contribution in [2.24, 2.45) is 5.92 Å². The van der Waals surface area contributed by atoms with E-state index >= 15 is 0 Å². The lowest BCUT2D eigenvalue weighted by atomic mass is 10.2. The van der Waals surface area contributed by atoms with Gasteiger partial charge in [0.05, 0.1) is 15.9 Å². The smallest absolute Gasteiger partial charge is 0.229 e. The number of fused-ring (bicyclic) bond motifs is 1. The molecule has 1 amide bonds. The number of nitriles is 1.